The predicted molar refractivity (Wildman–Crippen MR) is 80.1 cm³/mol. The molecule has 0 bridgehead atoms. The summed E-state index contributed by atoms with van der Waals surface area (Å²) in [6.07, 6.45) is 3.98. The first kappa shape index (κ1) is 14.1. The van der Waals surface area contributed by atoms with Crippen LogP contribution < -0.4 is 5.32 Å². The van der Waals surface area contributed by atoms with Crippen molar-refractivity contribution in [3.63, 3.8) is 0 Å². The van der Waals surface area contributed by atoms with Gasteiger partial charge in [0.1, 0.15) is 0 Å². The standard InChI is InChI=1S/C16H24N2O/c1-3-16(4-2,12-19)11-17-10-13-6-5-7-15-14(13)8-9-18-15/h5-9,17-19H,3-4,10-12H2,1-2H3. The summed E-state index contributed by atoms with van der Waals surface area (Å²) in [7, 11) is 0. The van der Waals surface area contributed by atoms with Crippen molar-refractivity contribution in [3.8, 4) is 0 Å². The lowest BCUT2D eigenvalue weighted by Gasteiger charge is -2.29. The summed E-state index contributed by atoms with van der Waals surface area (Å²) in [6.45, 7) is 6.25. The second kappa shape index (κ2) is 6.22. The van der Waals surface area contributed by atoms with Crippen molar-refractivity contribution in [2.45, 2.75) is 33.2 Å². The Balaban J connectivity index is 2.01. The fraction of sp³-hybridized carbons (Fsp3) is 0.500. The molecule has 0 spiro atoms. The van der Waals surface area contributed by atoms with E-state index in [1.54, 1.807) is 0 Å². The van der Waals surface area contributed by atoms with Crippen LogP contribution in [0.15, 0.2) is 30.5 Å². The molecular formula is C16H24N2O. The van der Waals surface area contributed by atoms with E-state index in [-0.39, 0.29) is 12.0 Å². The number of H-pyrrole nitrogens is 1. The van der Waals surface area contributed by atoms with E-state index in [0.29, 0.717) is 0 Å². The van der Waals surface area contributed by atoms with Crippen LogP contribution in [-0.2, 0) is 6.54 Å². The van der Waals surface area contributed by atoms with Gasteiger partial charge in [0, 0.05) is 42.2 Å². The maximum atomic E-state index is 9.57. The van der Waals surface area contributed by atoms with Crippen molar-refractivity contribution < 1.29 is 5.11 Å². The van der Waals surface area contributed by atoms with Crippen LogP contribution in [0.3, 0.4) is 0 Å². The highest BCUT2D eigenvalue weighted by Crippen LogP contribution is 2.25. The summed E-state index contributed by atoms with van der Waals surface area (Å²) in [5.74, 6) is 0. The maximum Gasteiger partial charge on any atom is 0.0499 e. The molecule has 0 saturated heterocycles. The molecule has 1 heterocycles. The lowest BCUT2D eigenvalue weighted by molar-refractivity contribution is 0.113. The minimum absolute atomic E-state index is 0.0199. The zero-order valence-corrected chi connectivity index (χ0v) is 11.9. The van der Waals surface area contributed by atoms with E-state index in [1.807, 2.05) is 6.20 Å². The fourth-order valence-corrected chi connectivity index (χ4v) is 2.55. The van der Waals surface area contributed by atoms with Crippen LogP contribution in [0.25, 0.3) is 10.9 Å². The highest BCUT2D eigenvalue weighted by Gasteiger charge is 2.24. The monoisotopic (exact) mass is 260 g/mol. The van der Waals surface area contributed by atoms with Crippen LogP contribution in [0.5, 0.6) is 0 Å². The van der Waals surface area contributed by atoms with Crippen LogP contribution in [0, 0.1) is 5.41 Å². The summed E-state index contributed by atoms with van der Waals surface area (Å²) < 4.78 is 0. The molecule has 2 rings (SSSR count). The van der Waals surface area contributed by atoms with E-state index in [1.165, 1.54) is 16.5 Å². The average Bonchev–Trinajstić information content (AvgIpc) is 2.93. The molecule has 0 aliphatic heterocycles. The molecule has 0 aliphatic carbocycles. The summed E-state index contributed by atoms with van der Waals surface area (Å²) in [4.78, 5) is 3.23. The van der Waals surface area contributed by atoms with Crippen LogP contribution in [-0.4, -0.2) is 23.2 Å². The molecule has 1 aromatic heterocycles. The van der Waals surface area contributed by atoms with Crippen LogP contribution in [0.1, 0.15) is 32.3 Å². The Morgan fingerprint density at radius 3 is 2.68 bits per heavy atom. The maximum absolute atomic E-state index is 9.57. The van der Waals surface area contributed by atoms with Crippen LogP contribution in [0.4, 0.5) is 0 Å². The Morgan fingerprint density at radius 2 is 2.00 bits per heavy atom. The quantitative estimate of drug-likeness (QED) is 0.716. The van der Waals surface area contributed by atoms with Crippen molar-refractivity contribution in [3.05, 3.63) is 36.0 Å². The molecule has 0 aliphatic rings. The molecule has 0 amide bonds. The fourth-order valence-electron chi connectivity index (χ4n) is 2.55. The van der Waals surface area contributed by atoms with E-state index < -0.39 is 0 Å². The molecule has 0 unspecified atom stereocenters. The van der Waals surface area contributed by atoms with Crippen LogP contribution >= 0.6 is 0 Å². The van der Waals surface area contributed by atoms with Crippen molar-refractivity contribution in [2.24, 2.45) is 5.41 Å². The van der Waals surface area contributed by atoms with E-state index >= 15 is 0 Å². The number of rotatable bonds is 7. The van der Waals surface area contributed by atoms with Crippen molar-refractivity contribution >= 4 is 10.9 Å². The first-order chi connectivity index (χ1) is 9.24. The zero-order valence-electron chi connectivity index (χ0n) is 11.9. The van der Waals surface area contributed by atoms with Gasteiger partial charge >= 0.3 is 0 Å². The second-order valence-corrected chi connectivity index (χ2v) is 5.32. The molecule has 104 valence electrons. The minimum atomic E-state index is 0.0199. The van der Waals surface area contributed by atoms with Gasteiger partial charge in [0.25, 0.3) is 0 Å². The van der Waals surface area contributed by atoms with Gasteiger partial charge in [0.05, 0.1) is 0 Å². The van der Waals surface area contributed by atoms with Gasteiger partial charge in [-0.3, -0.25) is 0 Å². The van der Waals surface area contributed by atoms with E-state index in [9.17, 15) is 5.11 Å². The van der Waals surface area contributed by atoms with Crippen LogP contribution in [0.2, 0.25) is 0 Å². The third-order valence-electron chi connectivity index (χ3n) is 4.34. The first-order valence-electron chi connectivity index (χ1n) is 7.11. The van der Waals surface area contributed by atoms with Gasteiger partial charge in [-0.15, -0.1) is 0 Å². The number of hydrogen-bond acceptors (Lipinski definition) is 2. The molecule has 1 aromatic carbocycles. The van der Waals surface area contributed by atoms with Gasteiger partial charge in [-0.05, 0) is 30.5 Å². The first-order valence-corrected chi connectivity index (χ1v) is 7.11. The predicted octanol–water partition coefficient (Wildman–Crippen LogP) is 3.06. The molecular weight excluding hydrogens is 236 g/mol. The van der Waals surface area contributed by atoms with Gasteiger partial charge in [0.15, 0.2) is 0 Å². The SMILES string of the molecule is CCC(CC)(CO)CNCc1cccc2[nH]ccc12. The molecule has 3 N–H and O–H groups in total. The second-order valence-electron chi connectivity index (χ2n) is 5.32. The summed E-state index contributed by atoms with van der Waals surface area (Å²) in [6, 6.07) is 8.44. The van der Waals surface area contributed by atoms with Gasteiger partial charge in [-0.2, -0.15) is 0 Å². The van der Waals surface area contributed by atoms with Crippen molar-refractivity contribution in [1.29, 1.82) is 0 Å². The molecule has 0 fully saturated rings. The third kappa shape index (κ3) is 2.99. The molecule has 0 atom stereocenters. The number of aromatic amines is 1. The lowest BCUT2D eigenvalue weighted by atomic mass is 9.83. The molecule has 2 aromatic rings. The minimum Gasteiger partial charge on any atom is -0.396 e. The number of hydrogen-bond donors (Lipinski definition) is 3. The zero-order chi connectivity index (χ0) is 13.7. The normalized spacial score (nSPS) is 12.2. The Hall–Kier alpha value is -1.32. The number of aromatic nitrogens is 1. The number of aliphatic hydroxyl groups is 1. The topological polar surface area (TPSA) is 48.0 Å². The van der Waals surface area contributed by atoms with E-state index in [0.717, 1.165) is 25.9 Å². The smallest absolute Gasteiger partial charge is 0.0499 e. The number of fused-ring (bicyclic) bond motifs is 1. The highest BCUT2D eigenvalue weighted by atomic mass is 16.3. The lowest BCUT2D eigenvalue weighted by Crippen LogP contribution is -2.36. The molecule has 3 nitrogen and oxygen atoms in total. The van der Waals surface area contributed by atoms with E-state index in [4.69, 9.17) is 0 Å². The molecule has 19 heavy (non-hydrogen) atoms. The van der Waals surface area contributed by atoms with Gasteiger partial charge < -0.3 is 15.4 Å². The third-order valence-corrected chi connectivity index (χ3v) is 4.34. The number of nitrogens with one attached hydrogen (secondary N) is 2. The number of aliphatic hydroxyl groups excluding tert-OH is 1. The summed E-state index contributed by atoms with van der Waals surface area (Å²) >= 11 is 0. The van der Waals surface area contributed by atoms with Crippen molar-refractivity contribution in [2.75, 3.05) is 13.2 Å². The Bertz CT molecular complexity index is 506. The van der Waals surface area contributed by atoms with Gasteiger partial charge in [0.2, 0.25) is 0 Å². The molecule has 0 radical (unpaired) electrons. The Labute approximate surface area is 115 Å². The average molecular weight is 260 g/mol. The molecule has 3 heteroatoms. The Morgan fingerprint density at radius 1 is 1.21 bits per heavy atom. The number of benzene rings is 1. The summed E-state index contributed by atoms with van der Waals surface area (Å²) in [5.41, 5.74) is 2.50. The van der Waals surface area contributed by atoms with Gasteiger partial charge in [-0.1, -0.05) is 26.0 Å². The molecule has 0 saturated carbocycles. The highest BCUT2D eigenvalue weighted by molar-refractivity contribution is 5.82. The summed E-state index contributed by atoms with van der Waals surface area (Å²) in [5, 5.41) is 14.3. The van der Waals surface area contributed by atoms with E-state index in [2.05, 4.69) is 48.4 Å². The Kier molecular flexibility index (Phi) is 4.61. The van der Waals surface area contributed by atoms with Crippen molar-refractivity contribution in [1.82, 2.24) is 10.3 Å². The largest absolute Gasteiger partial charge is 0.396 e. The van der Waals surface area contributed by atoms with Gasteiger partial charge in [-0.25, -0.2) is 0 Å².